The molecule has 7 heteroatoms. The van der Waals surface area contributed by atoms with Gasteiger partial charge in [-0.15, -0.1) is 0 Å². The Bertz CT molecular complexity index is 455. The summed E-state index contributed by atoms with van der Waals surface area (Å²) >= 11 is 0. The maximum Gasteiger partial charge on any atom is 0.403 e. The second-order valence-corrected chi connectivity index (χ2v) is 5.65. The maximum absolute atomic E-state index is 13.9. The highest BCUT2D eigenvalue weighted by Crippen LogP contribution is 2.62. The summed E-state index contributed by atoms with van der Waals surface area (Å²) in [4.78, 5) is 3.79. The topological polar surface area (TPSA) is 48.4 Å². The lowest BCUT2D eigenvalue weighted by Gasteiger charge is -2.23. The van der Waals surface area contributed by atoms with Crippen molar-refractivity contribution in [3.8, 4) is 0 Å². The molecular weight excluding hydrogens is 275 g/mol. The minimum Gasteiger partial charge on any atom is -0.304 e. The molecule has 0 aliphatic heterocycles. The van der Waals surface area contributed by atoms with E-state index in [0.29, 0.717) is 11.6 Å². The fourth-order valence-electron chi connectivity index (χ4n) is 1.31. The van der Waals surface area contributed by atoms with Gasteiger partial charge in [0, 0.05) is 12.4 Å². The maximum atomic E-state index is 13.9. The summed E-state index contributed by atoms with van der Waals surface area (Å²) in [5, 5.41) is 0. The molecule has 0 N–H and O–H groups in total. The molecule has 0 saturated heterocycles. The fourth-order valence-corrected chi connectivity index (χ4v) is 2.67. The van der Waals surface area contributed by atoms with Gasteiger partial charge in [0.25, 0.3) is 0 Å². The van der Waals surface area contributed by atoms with Crippen molar-refractivity contribution in [1.29, 1.82) is 0 Å². The lowest BCUT2D eigenvalue weighted by atomic mass is 10.3. The van der Waals surface area contributed by atoms with Gasteiger partial charge in [-0.3, -0.25) is 9.55 Å². The van der Waals surface area contributed by atoms with Crippen LogP contribution in [0.3, 0.4) is 0 Å². The number of nitrogens with zero attached hydrogens (tertiary/aromatic N) is 1. The van der Waals surface area contributed by atoms with Crippen LogP contribution in [-0.2, 0) is 13.6 Å². The van der Waals surface area contributed by atoms with Crippen LogP contribution in [0.5, 0.6) is 0 Å². The highest BCUT2D eigenvalue weighted by molar-refractivity contribution is 7.55. The number of pyridine rings is 1. The third-order valence-corrected chi connectivity index (χ3v) is 4.20. The molecule has 1 aromatic rings. The quantitative estimate of drug-likeness (QED) is 0.714. The third kappa shape index (κ3) is 4.20. The van der Waals surface area contributed by atoms with Gasteiger partial charge in [-0.1, -0.05) is 12.1 Å². The van der Waals surface area contributed by atoms with Gasteiger partial charge in [0.05, 0.1) is 13.2 Å². The van der Waals surface area contributed by atoms with Crippen LogP contribution in [0.2, 0.25) is 0 Å². The molecule has 106 valence electrons. The smallest absolute Gasteiger partial charge is 0.304 e. The van der Waals surface area contributed by atoms with E-state index >= 15 is 0 Å². The zero-order valence-electron chi connectivity index (χ0n) is 10.8. The van der Waals surface area contributed by atoms with Crippen LogP contribution in [0.4, 0.5) is 8.78 Å². The average molecular weight is 291 g/mol. The minimum atomic E-state index is -4.50. The summed E-state index contributed by atoms with van der Waals surface area (Å²) < 4.78 is 49.1. The number of rotatable bonds is 7. The molecule has 0 spiro atoms. The Morgan fingerprint density at radius 3 is 2.47 bits per heavy atom. The molecule has 0 aromatic carbocycles. The average Bonchev–Trinajstić information content (AvgIpc) is 2.38. The lowest BCUT2D eigenvalue weighted by molar-refractivity contribution is 0.0800. The monoisotopic (exact) mass is 291 g/mol. The van der Waals surface area contributed by atoms with Crippen LogP contribution in [0.1, 0.15) is 19.4 Å². The number of allylic oxidation sites excluding steroid dienone is 1. The summed E-state index contributed by atoms with van der Waals surface area (Å²) in [6, 6.07) is 3.22. The second-order valence-electron chi connectivity index (χ2n) is 3.54. The molecule has 0 aliphatic rings. The number of hydrogen-bond acceptors (Lipinski definition) is 4. The molecule has 1 heterocycles. The molecule has 1 aromatic heterocycles. The molecule has 0 unspecified atom stereocenters. The summed E-state index contributed by atoms with van der Waals surface area (Å²) in [7, 11) is -4.50. The van der Waals surface area contributed by atoms with E-state index in [0.717, 1.165) is 6.08 Å². The van der Waals surface area contributed by atoms with Gasteiger partial charge in [-0.05, 0) is 31.6 Å². The molecule has 0 bridgehead atoms. The van der Waals surface area contributed by atoms with Crippen LogP contribution in [0.15, 0.2) is 30.6 Å². The van der Waals surface area contributed by atoms with Crippen molar-refractivity contribution in [2.45, 2.75) is 19.5 Å². The van der Waals surface area contributed by atoms with E-state index < -0.39 is 13.3 Å². The molecule has 0 saturated carbocycles. The summed E-state index contributed by atoms with van der Waals surface area (Å²) in [6.45, 7) is 2.72. The van der Waals surface area contributed by atoms with E-state index in [2.05, 4.69) is 14.0 Å². The van der Waals surface area contributed by atoms with Gasteiger partial charge in [0.2, 0.25) is 0 Å². The van der Waals surface area contributed by atoms with Gasteiger partial charge in [0.1, 0.15) is 0 Å². The largest absolute Gasteiger partial charge is 0.403 e. The summed E-state index contributed by atoms with van der Waals surface area (Å²) in [6.07, 6.45) is 4.60. The Kier molecular flexibility index (Phi) is 5.79. The van der Waals surface area contributed by atoms with Crippen LogP contribution in [0.25, 0.3) is 6.08 Å². The summed E-state index contributed by atoms with van der Waals surface area (Å²) in [5.74, 6) is 0. The van der Waals surface area contributed by atoms with E-state index in [1.165, 1.54) is 26.2 Å². The Hall–Kier alpha value is -1.10. The fraction of sp³-hybridized carbons (Fsp3) is 0.417. The molecule has 19 heavy (non-hydrogen) atoms. The van der Waals surface area contributed by atoms with Gasteiger partial charge in [0.15, 0.2) is 0 Å². The Labute approximate surface area is 111 Å². The first-order valence-corrected chi connectivity index (χ1v) is 7.35. The van der Waals surface area contributed by atoms with E-state index in [4.69, 9.17) is 0 Å². The minimum absolute atomic E-state index is 0.117. The van der Waals surface area contributed by atoms with Gasteiger partial charge in [-0.25, -0.2) is 0 Å². The predicted molar refractivity (Wildman–Crippen MR) is 69.1 cm³/mol. The van der Waals surface area contributed by atoms with Crippen molar-refractivity contribution in [2.24, 2.45) is 0 Å². The Balaban J connectivity index is 2.94. The van der Waals surface area contributed by atoms with Crippen molar-refractivity contribution in [2.75, 3.05) is 13.2 Å². The molecule has 4 nitrogen and oxygen atoms in total. The van der Waals surface area contributed by atoms with E-state index in [-0.39, 0.29) is 13.2 Å². The molecule has 0 aliphatic carbocycles. The van der Waals surface area contributed by atoms with Crippen LogP contribution in [-0.4, -0.2) is 23.9 Å². The van der Waals surface area contributed by atoms with E-state index in [1.807, 2.05) is 0 Å². The van der Waals surface area contributed by atoms with Crippen LogP contribution in [0, 0.1) is 0 Å². The van der Waals surface area contributed by atoms with Crippen molar-refractivity contribution in [1.82, 2.24) is 4.98 Å². The van der Waals surface area contributed by atoms with Gasteiger partial charge >= 0.3 is 13.3 Å². The zero-order valence-corrected chi connectivity index (χ0v) is 11.6. The number of hydrogen-bond donors (Lipinski definition) is 0. The first kappa shape index (κ1) is 16.0. The SMILES string of the molecule is CCOP(=O)(OCC)C(F)(F)/C=C/c1cccnc1. The van der Waals surface area contributed by atoms with Crippen molar-refractivity contribution in [3.63, 3.8) is 0 Å². The molecule has 0 fully saturated rings. The van der Waals surface area contributed by atoms with Crippen LogP contribution >= 0.6 is 7.60 Å². The summed E-state index contributed by atoms with van der Waals surface area (Å²) in [5.41, 5.74) is -3.21. The van der Waals surface area contributed by atoms with E-state index in [1.54, 1.807) is 12.1 Å². The highest BCUT2D eigenvalue weighted by atomic mass is 31.2. The van der Waals surface area contributed by atoms with Crippen molar-refractivity contribution < 1.29 is 22.4 Å². The number of alkyl halides is 2. The number of aromatic nitrogens is 1. The third-order valence-electron chi connectivity index (χ3n) is 2.12. The molecule has 0 radical (unpaired) electrons. The van der Waals surface area contributed by atoms with Crippen molar-refractivity contribution >= 4 is 13.7 Å². The molecular formula is C12H16F2NO3P. The normalized spacial score (nSPS) is 13.1. The Morgan fingerprint density at radius 1 is 1.37 bits per heavy atom. The second kappa shape index (κ2) is 6.89. The number of halogens is 2. The first-order chi connectivity index (χ1) is 8.95. The van der Waals surface area contributed by atoms with Crippen LogP contribution < -0.4 is 0 Å². The van der Waals surface area contributed by atoms with E-state index in [9.17, 15) is 13.3 Å². The highest BCUT2D eigenvalue weighted by Gasteiger charge is 2.51. The predicted octanol–water partition coefficient (Wildman–Crippen LogP) is 3.95. The van der Waals surface area contributed by atoms with Gasteiger partial charge in [-0.2, -0.15) is 8.78 Å². The Morgan fingerprint density at radius 2 is 2.00 bits per heavy atom. The first-order valence-electron chi connectivity index (χ1n) is 5.81. The molecule has 1 rings (SSSR count). The lowest BCUT2D eigenvalue weighted by Crippen LogP contribution is -2.17. The van der Waals surface area contributed by atoms with Crippen molar-refractivity contribution in [3.05, 3.63) is 36.2 Å². The zero-order chi connectivity index (χ0) is 14.4. The standard InChI is InChI=1S/C12H16F2NO3P/c1-3-17-19(16,18-4-2)12(13,14)8-7-11-6-5-9-15-10-11/h5-10H,3-4H2,1-2H3/b8-7+. The molecule has 0 atom stereocenters. The van der Waals surface area contributed by atoms with Gasteiger partial charge < -0.3 is 9.05 Å². The molecule has 0 amide bonds.